The first kappa shape index (κ1) is 25.2. The van der Waals surface area contributed by atoms with Gasteiger partial charge in [0, 0.05) is 23.5 Å². The van der Waals surface area contributed by atoms with Crippen molar-refractivity contribution in [3.63, 3.8) is 0 Å². The van der Waals surface area contributed by atoms with Gasteiger partial charge in [-0.2, -0.15) is 0 Å². The van der Waals surface area contributed by atoms with Gasteiger partial charge < -0.3 is 29.0 Å². The summed E-state index contributed by atoms with van der Waals surface area (Å²) in [5, 5.41) is 3.19. The summed E-state index contributed by atoms with van der Waals surface area (Å²) >= 11 is 0. The van der Waals surface area contributed by atoms with Crippen LogP contribution in [0.4, 0.5) is 5.69 Å². The predicted molar refractivity (Wildman–Crippen MR) is 138 cm³/mol. The lowest BCUT2D eigenvalue weighted by atomic mass is 10.1. The van der Waals surface area contributed by atoms with E-state index in [0.717, 1.165) is 16.8 Å². The van der Waals surface area contributed by atoms with E-state index < -0.39 is 0 Å². The van der Waals surface area contributed by atoms with Crippen molar-refractivity contribution in [1.82, 2.24) is 0 Å². The van der Waals surface area contributed by atoms with Crippen molar-refractivity contribution in [1.29, 1.82) is 0 Å². The number of ketones is 1. The average molecular weight is 476 g/mol. The van der Waals surface area contributed by atoms with Crippen molar-refractivity contribution in [2.24, 2.45) is 0 Å². The molecule has 3 rings (SSSR count). The maximum absolute atomic E-state index is 12.6. The molecule has 0 bridgehead atoms. The number of carbonyl (C=O) groups is 1. The van der Waals surface area contributed by atoms with E-state index in [2.05, 4.69) is 5.32 Å². The Morgan fingerprint density at radius 1 is 0.714 bits per heavy atom. The van der Waals surface area contributed by atoms with E-state index in [4.69, 9.17) is 23.7 Å². The Morgan fingerprint density at radius 2 is 1.37 bits per heavy atom. The van der Waals surface area contributed by atoms with Crippen LogP contribution >= 0.6 is 0 Å². The number of anilines is 1. The van der Waals surface area contributed by atoms with Gasteiger partial charge in [0.15, 0.2) is 28.8 Å². The minimum absolute atomic E-state index is 0.163. The van der Waals surface area contributed by atoms with Gasteiger partial charge in [-0.05, 0) is 47.5 Å². The molecule has 0 aliphatic rings. The molecular weight excluding hydrogens is 446 g/mol. The second-order valence-electron chi connectivity index (χ2n) is 7.29. The Hall–Kier alpha value is -4.39. The number of hydrogen-bond donors (Lipinski definition) is 1. The highest BCUT2D eigenvalue weighted by Gasteiger charge is 2.12. The minimum atomic E-state index is -0.163. The fourth-order valence-corrected chi connectivity index (χ4v) is 3.45. The Balaban J connectivity index is 1.77. The largest absolute Gasteiger partial charge is 0.493 e. The lowest BCUT2D eigenvalue weighted by Crippen LogP contribution is -1.99. The van der Waals surface area contributed by atoms with Crippen molar-refractivity contribution in [3.05, 3.63) is 83.6 Å². The number of carbonyl (C=O) groups excluding carboxylic acids is 1. The van der Waals surface area contributed by atoms with E-state index in [-0.39, 0.29) is 5.78 Å². The molecule has 0 aliphatic heterocycles. The maximum Gasteiger partial charge on any atom is 0.203 e. The third-order valence-electron chi connectivity index (χ3n) is 5.24. The number of hydrogen-bond acceptors (Lipinski definition) is 7. The number of allylic oxidation sites excluding steroid dienone is 1. The third kappa shape index (κ3) is 6.14. The summed E-state index contributed by atoms with van der Waals surface area (Å²) < 4.78 is 26.7. The van der Waals surface area contributed by atoms with E-state index in [1.54, 1.807) is 52.8 Å². The van der Waals surface area contributed by atoms with Gasteiger partial charge in [0.25, 0.3) is 0 Å². The van der Waals surface area contributed by atoms with Crippen LogP contribution in [0.1, 0.15) is 21.5 Å². The molecule has 0 saturated heterocycles. The van der Waals surface area contributed by atoms with Crippen LogP contribution in [0.5, 0.6) is 28.7 Å². The van der Waals surface area contributed by atoms with E-state index in [0.29, 0.717) is 34.3 Å². The van der Waals surface area contributed by atoms with Crippen molar-refractivity contribution >= 4 is 23.6 Å². The summed E-state index contributed by atoms with van der Waals surface area (Å²) in [6.07, 6.45) is 7.00. The molecular formula is C28H29NO6. The first-order chi connectivity index (χ1) is 17.0. The van der Waals surface area contributed by atoms with Gasteiger partial charge in [-0.25, -0.2) is 0 Å². The lowest BCUT2D eigenvalue weighted by Gasteiger charge is -2.13. The van der Waals surface area contributed by atoms with Gasteiger partial charge >= 0.3 is 0 Å². The molecule has 182 valence electrons. The lowest BCUT2D eigenvalue weighted by molar-refractivity contribution is 0.104. The molecule has 35 heavy (non-hydrogen) atoms. The van der Waals surface area contributed by atoms with Crippen LogP contribution < -0.4 is 29.0 Å². The molecule has 0 aliphatic carbocycles. The summed E-state index contributed by atoms with van der Waals surface area (Å²) in [7, 11) is 7.82. The van der Waals surface area contributed by atoms with E-state index in [1.165, 1.54) is 13.2 Å². The summed E-state index contributed by atoms with van der Waals surface area (Å²) in [4.78, 5) is 12.6. The van der Waals surface area contributed by atoms with Crippen molar-refractivity contribution < 1.29 is 28.5 Å². The summed E-state index contributed by atoms with van der Waals surface area (Å²) in [6, 6.07) is 16.6. The van der Waals surface area contributed by atoms with Crippen LogP contribution in [0, 0.1) is 0 Å². The van der Waals surface area contributed by atoms with Gasteiger partial charge in [0.2, 0.25) is 5.75 Å². The van der Waals surface area contributed by atoms with Crippen molar-refractivity contribution in [2.75, 3.05) is 40.9 Å². The van der Waals surface area contributed by atoms with Crippen LogP contribution in [0.3, 0.4) is 0 Å². The third-order valence-corrected chi connectivity index (χ3v) is 5.24. The van der Waals surface area contributed by atoms with E-state index >= 15 is 0 Å². The topological polar surface area (TPSA) is 75.3 Å². The van der Waals surface area contributed by atoms with Gasteiger partial charge in [-0.1, -0.05) is 30.4 Å². The highest BCUT2D eigenvalue weighted by atomic mass is 16.5. The van der Waals surface area contributed by atoms with Gasteiger partial charge in [-0.3, -0.25) is 4.79 Å². The highest BCUT2D eigenvalue weighted by Crippen LogP contribution is 2.38. The summed E-state index contributed by atoms with van der Waals surface area (Å²) in [5.74, 6) is 2.60. The summed E-state index contributed by atoms with van der Waals surface area (Å²) in [5.41, 5.74) is 3.15. The van der Waals surface area contributed by atoms with E-state index in [9.17, 15) is 4.79 Å². The van der Waals surface area contributed by atoms with E-state index in [1.807, 2.05) is 48.6 Å². The molecule has 0 aromatic heterocycles. The van der Waals surface area contributed by atoms with Crippen LogP contribution in [0.2, 0.25) is 0 Å². The van der Waals surface area contributed by atoms with Crippen molar-refractivity contribution in [3.8, 4) is 28.7 Å². The number of rotatable bonds is 11. The molecule has 0 atom stereocenters. The van der Waals surface area contributed by atoms with Gasteiger partial charge in [0.05, 0.1) is 35.5 Å². The smallest absolute Gasteiger partial charge is 0.203 e. The normalized spacial score (nSPS) is 10.9. The molecule has 3 aromatic carbocycles. The Labute approximate surface area is 205 Å². The van der Waals surface area contributed by atoms with Crippen LogP contribution in [0.25, 0.3) is 12.2 Å². The number of ether oxygens (including phenoxy) is 5. The highest BCUT2D eigenvalue weighted by molar-refractivity contribution is 6.05. The number of benzene rings is 3. The summed E-state index contributed by atoms with van der Waals surface area (Å²) in [6.45, 7) is 0. The zero-order chi connectivity index (χ0) is 25.2. The Morgan fingerprint density at radius 3 is 2.00 bits per heavy atom. The van der Waals surface area contributed by atoms with Gasteiger partial charge in [0.1, 0.15) is 0 Å². The molecule has 0 saturated carbocycles. The first-order valence-corrected chi connectivity index (χ1v) is 10.8. The number of methoxy groups -OCH3 is 5. The minimum Gasteiger partial charge on any atom is -0.493 e. The monoisotopic (exact) mass is 475 g/mol. The SMILES string of the molecule is COc1ccc(C(=O)/C=C\Nc2ccccc2/C=C\c2cc(OC)c(OC)c(OC)c2)cc1OC. The molecule has 7 nitrogen and oxygen atoms in total. The predicted octanol–water partition coefficient (Wildman–Crippen LogP) is 5.71. The molecule has 7 heteroatoms. The average Bonchev–Trinajstić information content (AvgIpc) is 2.91. The molecule has 0 spiro atoms. The molecule has 0 radical (unpaired) electrons. The second-order valence-corrected chi connectivity index (χ2v) is 7.29. The standard InChI is InChI=1S/C28H29NO6/c1-31-24-13-12-21(18-25(24)32-2)23(30)14-15-29-22-9-7-6-8-20(22)11-10-19-16-26(33-3)28(35-5)27(17-19)34-4/h6-18,29H,1-5H3/b11-10-,15-14-. The van der Waals surface area contributed by atoms with Crippen LogP contribution in [-0.4, -0.2) is 41.3 Å². The fraction of sp³-hybridized carbons (Fsp3) is 0.179. The van der Waals surface area contributed by atoms with Crippen LogP contribution in [-0.2, 0) is 0 Å². The van der Waals surface area contributed by atoms with Gasteiger partial charge in [-0.15, -0.1) is 0 Å². The molecule has 0 amide bonds. The quantitative estimate of drug-likeness (QED) is 0.216. The zero-order valence-corrected chi connectivity index (χ0v) is 20.5. The number of para-hydroxylation sites is 1. The van der Waals surface area contributed by atoms with Crippen LogP contribution in [0.15, 0.2) is 66.9 Å². The Bertz CT molecular complexity index is 1210. The molecule has 0 fully saturated rings. The second kappa shape index (κ2) is 12.2. The molecule has 0 heterocycles. The Kier molecular flexibility index (Phi) is 8.78. The van der Waals surface area contributed by atoms with Crippen molar-refractivity contribution in [2.45, 2.75) is 0 Å². The fourth-order valence-electron chi connectivity index (χ4n) is 3.45. The zero-order valence-electron chi connectivity index (χ0n) is 20.5. The maximum atomic E-state index is 12.6. The molecule has 0 unspecified atom stereocenters. The number of nitrogens with one attached hydrogen (secondary N) is 1. The first-order valence-electron chi connectivity index (χ1n) is 10.8. The molecule has 1 N–H and O–H groups in total. The molecule has 3 aromatic rings.